The van der Waals surface area contributed by atoms with Crippen LogP contribution in [-0.4, -0.2) is 38.1 Å². The first-order valence-electron chi connectivity index (χ1n) is 7.33. The van der Waals surface area contributed by atoms with Crippen LogP contribution in [0.4, 0.5) is 0 Å². The zero-order chi connectivity index (χ0) is 16.3. The number of carbonyl (C=O) groups is 1. The summed E-state index contributed by atoms with van der Waals surface area (Å²) in [5.74, 6) is 0.298. The highest BCUT2D eigenvalue weighted by Crippen LogP contribution is 2.33. The molecule has 2 unspecified atom stereocenters. The summed E-state index contributed by atoms with van der Waals surface area (Å²) in [5, 5.41) is 5.08. The number of nitrogens with zero attached hydrogens (tertiary/aromatic N) is 1. The molecule has 1 aliphatic rings. The van der Waals surface area contributed by atoms with Crippen molar-refractivity contribution in [3.63, 3.8) is 0 Å². The molecule has 2 N–H and O–H groups in total. The van der Waals surface area contributed by atoms with E-state index in [4.69, 9.17) is 9.88 Å². The predicted molar refractivity (Wildman–Crippen MR) is 83.8 cm³/mol. The SMILES string of the molecule is CCOc1ccccc1C(C)N1CC(CS(N)(=O)=O)CC1=O. The summed E-state index contributed by atoms with van der Waals surface area (Å²) < 4.78 is 28.0. The molecule has 22 heavy (non-hydrogen) atoms. The van der Waals surface area contributed by atoms with Crippen molar-refractivity contribution in [3.05, 3.63) is 29.8 Å². The maximum Gasteiger partial charge on any atom is 0.223 e. The molecule has 1 fully saturated rings. The lowest BCUT2D eigenvalue weighted by Crippen LogP contribution is -2.30. The molecule has 0 aromatic heterocycles. The Balaban J connectivity index is 2.16. The number of hydrogen-bond acceptors (Lipinski definition) is 4. The third kappa shape index (κ3) is 3.98. The van der Waals surface area contributed by atoms with Gasteiger partial charge in [0.25, 0.3) is 0 Å². The highest BCUT2D eigenvalue weighted by atomic mass is 32.2. The molecule has 0 saturated carbocycles. The van der Waals surface area contributed by atoms with E-state index in [0.29, 0.717) is 13.2 Å². The molecule has 1 amide bonds. The van der Waals surface area contributed by atoms with E-state index >= 15 is 0 Å². The Hall–Kier alpha value is -1.60. The van der Waals surface area contributed by atoms with Crippen LogP contribution in [0.15, 0.2) is 24.3 Å². The van der Waals surface area contributed by atoms with E-state index in [9.17, 15) is 13.2 Å². The summed E-state index contributed by atoms with van der Waals surface area (Å²) in [7, 11) is -3.57. The van der Waals surface area contributed by atoms with Gasteiger partial charge in [-0.3, -0.25) is 4.79 Å². The Morgan fingerprint density at radius 3 is 2.73 bits per heavy atom. The summed E-state index contributed by atoms with van der Waals surface area (Å²) in [4.78, 5) is 13.9. The van der Waals surface area contributed by atoms with E-state index in [1.165, 1.54) is 0 Å². The summed E-state index contributed by atoms with van der Waals surface area (Å²) in [6, 6.07) is 7.42. The van der Waals surface area contributed by atoms with Gasteiger partial charge < -0.3 is 9.64 Å². The van der Waals surface area contributed by atoms with E-state index in [2.05, 4.69) is 0 Å². The Morgan fingerprint density at radius 2 is 2.09 bits per heavy atom. The van der Waals surface area contributed by atoms with E-state index < -0.39 is 10.0 Å². The average molecular weight is 326 g/mol. The van der Waals surface area contributed by atoms with Crippen molar-refractivity contribution >= 4 is 15.9 Å². The van der Waals surface area contributed by atoms with Gasteiger partial charge in [0.2, 0.25) is 15.9 Å². The molecule has 0 radical (unpaired) electrons. The number of likely N-dealkylation sites (tertiary alicyclic amines) is 1. The fourth-order valence-corrected chi connectivity index (χ4v) is 3.78. The van der Waals surface area contributed by atoms with Crippen LogP contribution in [-0.2, 0) is 14.8 Å². The zero-order valence-electron chi connectivity index (χ0n) is 12.9. The monoisotopic (exact) mass is 326 g/mol. The predicted octanol–water partition coefficient (Wildman–Crippen LogP) is 1.28. The molecule has 0 spiro atoms. The first kappa shape index (κ1) is 16.8. The molecule has 1 aromatic rings. The number of amides is 1. The highest BCUT2D eigenvalue weighted by Gasteiger charge is 2.35. The molecule has 122 valence electrons. The highest BCUT2D eigenvalue weighted by molar-refractivity contribution is 7.89. The second-order valence-electron chi connectivity index (χ2n) is 5.59. The topological polar surface area (TPSA) is 89.7 Å². The van der Waals surface area contributed by atoms with E-state index in [1.807, 2.05) is 38.1 Å². The standard InChI is InChI=1S/C15H22N2O4S/c1-3-21-14-7-5-4-6-13(14)11(2)17-9-12(8-15(17)18)10-22(16,19)20/h4-7,11-12H,3,8-10H2,1-2H3,(H2,16,19,20). The Morgan fingerprint density at radius 1 is 1.41 bits per heavy atom. The lowest BCUT2D eigenvalue weighted by atomic mass is 10.1. The molecular formula is C15H22N2O4S. The van der Waals surface area contributed by atoms with E-state index in [1.54, 1.807) is 4.90 Å². The number of nitrogens with two attached hydrogens (primary N) is 1. The molecular weight excluding hydrogens is 304 g/mol. The largest absolute Gasteiger partial charge is 0.494 e. The smallest absolute Gasteiger partial charge is 0.223 e. The summed E-state index contributed by atoms with van der Waals surface area (Å²) in [6.45, 7) is 4.78. The first-order valence-corrected chi connectivity index (χ1v) is 9.05. The molecule has 0 aliphatic carbocycles. The van der Waals surface area contributed by atoms with Crippen LogP contribution < -0.4 is 9.88 Å². The van der Waals surface area contributed by atoms with Crippen LogP contribution in [0.1, 0.15) is 31.9 Å². The summed E-state index contributed by atoms with van der Waals surface area (Å²) in [5.41, 5.74) is 0.925. The van der Waals surface area contributed by atoms with Crippen molar-refractivity contribution in [2.24, 2.45) is 11.1 Å². The minimum Gasteiger partial charge on any atom is -0.494 e. The molecule has 6 nitrogen and oxygen atoms in total. The number of primary sulfonamides is 1. The fourth-order valence-electron chi connectivity index (χ4n) is 2.90. The van der Waals surface area contributed by atoms with Crippen LogP contribution in [0.2, 0.25) is 0 Å². The van der Waals surface area contributed by atoms with Gasteiger partial charge in [-0.25, -0.2) is 13.6 Å². The number of carbonyl (C=O) groups excluding carboxylic acids is 1. The minimum absolute atomic E-state index is 0.0487. The number of ether oxygens (including phenoxy) is 1. The lowest BCUT2D eigenvalue weighted by molar-refractivity contribution is -0.129. The van der Waals surface area contributed by atoms with Gasteiger partial charge in [0.05, 0.1) is 18.4 Å². The maximum atomic E-state index is 12.2. The van der Waals surface area contributed by atoms with Crippen LogP contribution in [0, 0.1) is 5.92 Å². The quantitative estimate of drug-likeness (QED) is 0.853. The second kappa shape index (κ2) is 6.66. The molecule has 1 aliphatic heterocycles. The third-order valence-corrected chi connectivity index (χ3v) is 4.78. The van der Waals surface area contributed by atoms with Gasteiger partial charge in [-0.1, -0.05) is 18.2 Å². The lowest BCUT2D eigenvalue weighted by Gasteiger charge is -2.26. The normalized spacial score (nSPS) is 20.2. The number of benzene rings is 1. The average Bonchev–Trinajstić information content (AvgIpc) is 2.77. The molecule has 7 heteroatoms. The zero-order valence-corrected chi connectivity index (χ0v) is 13.7. The van der Waals surface area contributed by atoms with Crippen molar-refractivity contribution < 1.29 is 17.9 Å². The van der Waals surface area contributed by atoms with Gasteiger partial charge in [0, 0.05) is 24.4 Å². The van der Waals surface area contributed by atoms with Gasteiger partial charge in [-0.15, -0.1) is 0 Å². The Labute approximate surface area is 131 Å². The van der Waals surface area contributed by atoms with Gasteiger partial charge in [0.15, 0.2) is 0 Å². The number of hydrogen-bond donors (Lipinski definition) is 1. The van der Waals surface area contributed by atoms with Crippen LogP contribution in [0.5, 0.6) is 5.75 Å². The third-order valence-electron chi connectivity index (χ3n) is 3.84. The molecule has 2 rings (SSSR count). The number of para-hydroxylation sites is 1. The van der Waals surface area contributed by atoms with Crippen molar-refractivity contribution in [1.82, 2.24) is 4.90 Å². The molecule has 1 aromatic carbocycles. The number of rotatable bonds is 6. The van der Waals surface area contributed by atoms with E-state index in [0.717, 1.165) is 11.3 Å². The summed E-state index contributed by atoms with van der Waals surface area (Å²) >= 11 is 0. The fraction of sp³-hybridized carbons (Fsp3) is 0.533. The molecule has 0 bridgehead atoms. The minimum atomic E-state index is -3.57. The Bertz CT molecular complexity index is 645. The van der Waals surface area contributed by atoms with Crippen molar-refractivity contribution in [3.8, 4) is 5.75 Å². The van der Waals surface area contributed by atoms with Gasteiger partial charge in [-0.2, -0.15) is 0 Å². The Kier molecular flexibility index (Phi) is 5.08. The molecule has 1 saturated heterocycles. The van der Waals surface area contributed by atoms with Crippen LogP contribution in [0.3, 0.4) is 0 Å². The summed E-state index contributed by atoms with van der Waals surface area (Å²) in [6.07, 6.45) is 0.220. The van der Waals surface area contributed by atoms with Gasteiger partial charge in [0.1, 0.15) is 5.75 Å². The van der Waals surface area contributed by atoms with Crippen molar-refractivity contribution in [1.29, 1.82) is 0 Å². The maximum absolute atomic E-state index is 12.2. The first-order chi connectivity index (χ1) is 10.3. The molecule has 2 atom stereocenters. The van der Waals surface area contributed by atoms with Crippen LogP contribution in [0.25, 0.3) is 0 Å². The van der Waals surface area contributed by atoms with Gasteiger partial charge in [-0.05, 0) is 19.9 Å². The number of sulfonamides is 1. The van der Waals surface area contributed by atoms with Gasteiger partial charge >= 0.3 is 0 Å². The molecule has 1 heterocycles. The van der Waals surface area contributed by atoms with Crippen molar-refractivity contribution in [2.45, 2.75) is 26.3 Å². The van der Waals surface area contributed by atoms with Crippen molar-refractivity contribution in [2.75, 3.05) is 18.9 Å². The van der Waals surface area contributed by atoms with E-state index in [-0.39, 0.29) is 30.0 Å². The second-order valence-corrected chi connectivity index (χ2v) is 7.25. The van der Waals surface area contributed by atoms with Crippen LogP contribution >= 0.6 is 0 Å².